The zero-order valence-corrected chi connectivity index (χ0v) is 16.2. The molecule has 4 rings (SSSR count). The lowest BCUT2D eigenvalue weighted by Gasteiger charge is -2.39. The quantitative estimate of drug-likeness (QED) is 0.826. The van der Waals surface area contributed by atoms with Crippen LogP contribution in [-0.4, -0.2) is 60.9 Å². The van der Waals surface area contributed by atoms with Crippen molar-refractivity contribution in [1.82, 2.24) is 9.80 Å². The summed E-state index contributed by atoms with van der Waals surface area (Å²) in [6.45, 7) is 4.47. The van der Waals surface area contributed by atoms with Gasteiger partial charge in [0.1, 0.15) is 0 Å². The lowest BCUT2D eigenvalue weighted by atomic mass is 9.95. The SMILES string of the molecule is O=C(c1ccccc1)N1CCC[C@H](C(=O)N2CCN(c3ccccc3)CC2)C1. The molecule has 0 saturated carbocycles. The van der Waals surface area contributed by atoms with E-state index in [4.69, 9.17) is 0 Å². The topological polar surface area (TPSA) is 43.9 Å². The van der Waals surface area contributed by atoms with E-state index in [9.17, 15) is 9.59 Å². The van der Waals surface area contributed by atoms with Crippen LogP contribution < -0.4 is 4.90 Å². The largest absolute Gasteiger partial charge is 0.368 e. The maximum atomic E-state index is 13.1. The van der Waals surface area contributed by atoms with Crippen LogP contribution in [0.25, 0.3) is 0 Å². The molecule has 0 unspecified atom stereocenters. The van der Waals surface area contributed by atoms with Gasteiger partial charge in [0.2, 0.25) is 5.91 Å². The van der Waals surface area contributed by atoms with E-state index in [0.717, 1.165) is 45.6 Å². The van der Waals surface area contributed by atoms with E-state index < -0.39 is 0 Å². The van der Waals surface area contributed by atoms with Crippen molar-refractivity contribution in [3.05, 3.63) is 66.2 Å². The van der Waals surface area contributed by atoms with Crippen molar-refractivity contribution < 1.29 is 9.59 Å². The first kappa shape index (κ1) is 18.5. The van der Waals surface area contributed by atoms with E-state index >= 15 is 0 Å². The van der Waals surface area contributed by atoms with Crippen molar-refractivity contribution in [2.45, 2.75) is 12.8 Å². The van der Waals surface area contributed by atoms with Gasteiger partial charge in [0.25, 0.3) is 5.91 Å². The summed E-state index contributed by atoms with van der Waals surface area (Å²) < 4.78 is 0. The van der Waals surface area contributed by atoms with Gasteiger partial charge in [-0.2, -0.15) is 0 Å². The Morgan fingerprint density at radius 2 is 1.39 bits per heavy atom. The lowest BCUT2D eigenvalue weighted by molar-refractivity contribution is -0.137. The van der Waals surface area contributed by atoms with Gasteiger partial charge in [-0.1, -0.05) is 36.4 Å². The molecule has 0 aromatic heterocycles. The fraction of sp³-hybridized carbons (Fsp3) is 0.391. The zero-order chi connectivity index (χ0) is 19.3. The fourth-order valence-electron chi connectivity index (χ4n) is 4.21. The number of hydrogen-bond donors (Lipinski definition) is 0. The molecule has 2 amide bonds. The van der Waals surface area contributed by atoms with Gasteiger partial charge in [0, 0.05) is 50.5 Å². The number of rotatable bonds is 3. The van der Waals surface area contributed by atoms with E-state index in [1.165, 1.54) is 5.69 Å². The summed E-state index contributed by atoms with van der Waals surface area (Å²) in [5.74, 6) is 0.162. The second kappa shape index (κ2) is 8.46. The van der Waals surface area contributed by atoms with Crippen molar-refractivity contribution >= 4 is 17.5 Å². The minimum absolute atomic E-state index is 0.0343. The summed E-state index contributed by atoms with van der Waals surface area (Å²) in [5, 5.41) is 0. The smallest absolute Gasteiger partial charge is 0.253 e. The molecule has 146 valence electrons. The molecule has 5 heteroatoms. The molecule has 1 atom stereocenters. The molecule has 2 aliphatic rings. The van der Waals surface area contributed by atoms with Crippen molar-refractivity contribution in [2.24, 2.45) is 5.92 Å². The standard InChI is InChI=1S/C23H27N3O2/c27-22(19-8-3-1-4-9-19)26-13-7-10-20(18-26)23(28)25-16-14-24(15-17-25)21-11-5-2-6-12-21/h1-6,8-9,11-12,20H,7,10,13-18H2/t20-/m0/s1. The van der Waals surface area contributed by atoms with E-state index in [0.29, 0.717) is 12.1 Å². The Morgan fingerprint density at radius 1 is 0.750 bits per heavy atom. The van der Waals surface area contributed by atoms with Gasteiger partial charge in [-0.05, 0) is 37.1 Å². The highest BCUT2D eigenvalue weighted by Gasteiger charge is 2.32. The lowest BCUT2D eigenvalue weighted by Crippen LogP contribution is -2.53. The molecule has 0 bridgehead atoms. The average Bonchev–Trinajstić information content (AvgIpc) is 2.79. The van der Waals surface area contributed by atoms with Crippen LogP contribution in [0.1, 0.15) is 23.2 Å². The Bertz CT molecular complexity index is 801. The van der Waals surface area contributed by atoms with Crippen molar-refractivity contribution in [2.75, 3.05) is 44.2 Å². The number of carbonyl (C=O) groups excluding carboxylic acids is 2. The van der Waals surface area contributed by atoms with Gasteiger partial charge in [-0.3, -0.25) is 9.59 Å². The number of piperazine rings is 1. The summed E-state index contributed by atoms with van der Waals surface area (Å²) in [4.78, 5) is 32.0. The van der Waals surface area contributed by atoms with Gasteiger partial charge in [0.05, 0.1) is 5.92 Å². The fourth-order valence-corrected chi connectivity index (χ4v) is 4.21. The predicted molar refractivity (Wildman–Crippen MR) is 110 cm³/mol. The van der Waals surface area contributed by atoms with Crippen LogP contribution in [-0.2, 0) is 4.79 Å². The summed E-state index contributed by atoms with van der Waals surface area (Å²) in [6.07, 6.45) is 1.76. The average molecular weight is 377 g/mol. The van der Waals surface area contributed by atoms with E-state index in [1.54, 1.807) is 0 Å². The van der Waals surface area contributed by atoms with Gasteiger partial charge >= 0.3 is 0 Å². The molecule has 2 aromatic carbocycles. The molecule has 2 fully saturated rings. The van der Waals surface area contributed by atoms with Crippen molar-refractivity contribution in [3.8, 4) is 0 Å². The normalized spacial score (nSPS) is 20.1. The van der Waals surface area contributed by atoms with Crippen LogP contribution >= 0.6 is 0 Å². The maximum Gasteiger partial charge on any atom is 0.253 e. The van der Waals surface area contributed by atoms with Crippen LogP contribution in [0.2, 0.25) is 0 Å². The highest BCUT2D eigenvalue weighted by Crippen LogP contribution is 2.22. The molecular formula is C23H27N3O2. The highest BCUT2D eigenvalue weighted by atomic mass is 16.2. The molecule has 2 saturated heterocycles. The van der Waals surface area contributed by atoms with Crippen LogP contribution in [0.3, 0.4) is 0 Å². The number of likely N-dealkylation sites (tertiary alicyclic amines) is 1. The number of nitrogens with zero attached hydrogens (tertiary/aromatic N) is 3. The van der Waals surface area contributed by atoms with Gasteiger partial charge in [-0.15, -0.1) is 0 Å². The first-order valence-corrected chi connectivity index (χ1v) is 10.2. The number of piperidine rings is 1. The van der Waals surface area contributed by atoms with E-state index in [-0.39, 0.29) is 17.7 Å². The summed E-state index contributed by atoms with van der Waals surface area (Å²) >= 11 is 0. The Balaban J connectivity index is 1.34. The second-order valence-electron chi connectivity index (χ2n) is 7.60. The van der Waals surface area contributed by atoms with Gasteiger partial charge < -0.3 is 14.7 Å². The van der Waals surface area contributed by atoms with Gasteiger partial charge in [-0.25, -0.2) is 0 Å². The maximum absolute atomic E-state index is 13.1. The molecule has 0 radical (unpaired) electrons. The van der Waals surface area contributed by atoms with E-state index in [1.807, 2.05) is 58.3 Å². The molecule has 0 spiro atoms. The van der Waals surface area contributed by atoms with Crippen LogP contribution in [0.15, 0.2) is 60.7 Å². The Hall–Kier alpha value is -2.82. The molecule has 5 nitrogen and oxygen atoms in total. The molecule has 0 N–H and O–H groups in total. The highest BCUT2D eigenvalue weighted by molar-refractivity contribution is 5.94. The second-order valence-corrected chi connectivity index (χ2v) is 7.60. The van der Waals surface area contributed by atoms with Crippen LogP contribution in [0, 0.1) is 5.92 Å². The first-order chi connectivity index (χ1) is 13.7. The molecule has 2 heterocycles. The van der Waals surface area contributed by atoms with Crippen molar-refractivity contribution in [1.29, 1.82) is 0 Å². The molecule has 28 heavy (non-hydrogen) atoms. The predicted octanol–water partition coefficient (Wildman–Crippen LogP) is 2.89. The third kappa shape index (κ3) is 4.03. The summed E-state index contributed by atoms with van der Waals surface area (Å²) in [5.41, 5.74) is 1.92. The minimum atomic E-state index is -0.0790. The number of anilines is 1. The third-order valence-corrected chi connectivity index (χ3v) is 5.79. The Kier molecular flexibility index (Phi) is 5.60. The Morgan fingerprint density at radius 3 is 2.07 bits per heavy atom. The minimum Gasteiger partial charge on any atom is -0.368 e. The van der Waals surface area contributed by atoms with Crippen molar-refractivity contribution in [3.63, 3.8) is 0 Å². The third-order valence-electron chi connectivity index (χ3n) is 5.79. The molecule has 2 aliphatic heterocycles. The number of para-hydroxylation sites is 1. The molecular weight excluding hydrogens is 350 g/mol. The molecule has 2 aromatic rings. The van der Waals surface area contributed by atoms with Crippen LogP contribution in [0.4, 0.5) is 5.69 Å². The zero-order valence-electron chi connectivity index (χ0n) is 16.2. The van der Waals surface area contributed by atoms with Gasteiger partial charge in [0.15, 0.2) is 0 Å². The number of hydrogen-bond acceptors (Lipinski definition) is 3. The summed E-state index contributed by atoms with van der Waals surface area (Å²) in [6, 6.07) is 19.7. The first-order valence-electron chi connectivity index (χ1n) is 10.2. The monoisotopic (exact) mass is 377 g/mol. The summed E-state index contributed by atoms with van der Waals surface area (Å²) in [7, 11) is 0. The number of amides is 2. The van der Waals surface area contributed by atoms with Crippen LogP contribution in [0.5, 0.6) is 0 Å². The van der Waals surface area contributed by atoms with E-state index in [2.05, 4.69) is 17.0 Å². The molecule has 0 aliphatic carbocycles. The number of carbonyl (C=O) groups is 2. The Labute approximate surface area is 166 Å². The number of benzene rings is 2.